The zero-order valence-electron chi connectivity index (χ0n) is 20.0. The number of rotatable bonds is 8. The Morgan fingerprint density at radius 3 is 2.07 bits per heavy atom. The Balaban J connectivity index is 1.79. The van der Waals surface area contributed by atoms with Gasteiger partial charge in [-0.15, -0.1) is 0 Å². The van der Waals surface area contributed by atoms with E-state index in [1.165, 1.54) is 37.7 Å². The predicted octanol–water partition coefficient (Wildman–Crippen LogP) is 8.09. The molecule has 0 aliphatic heterocycles. The van der Waals surface area contributed by atoms with Gasteiger partial charge in [0.25, 0.3) is 0 Å². The molecule has 1 nitrogen and oxygen atoms in total. The first-order chi connectivity index (χ1) is 13.0. The summed E-state index contributed by atoms with van der Waals surface area (Å²) in [5, 5.41) is 0. The molecule has 1 heteroatoms. The maximum absolute atomic E-state index is 12.9. The molecule has 0 amide bonds. The molecule has 2 saturated carbocycles. The fraction of sp³-hybridized carbons (Fsp3) is 0.889. The molecule has 7 atom stereocenters. The molecule has 0 spiro atoms. The van der Waals surface area contributed by atoms with Gasteiger partial charge in [-0.05, 0) is 85.9 Å². The lowest BCUT2D eigenvalue weighted by atomic mass is 9.66. The Bertz CT molecular complexity index is 530. The molecule has 0 aromatic heterocycles. The third-order valence-electron chi connectivity index (χ3n) is 8.59. The molecule has 2 rings (SSSR count). The summed E-state index contributed by atoms with van der Waals surface area (Å²) in [5.74, 6) is 5.32. The second kappa shape index (κ2) is 9.94. The van der Waals surface area contributed by atoms with E-state index >= 15 is 0 Å². The van der Waals surface area contributed by atoms with Crippen LogP contribution >= 0.6 is 0 Å². The van der Waals surface area contributed by atoms with Crippen molar-refractivity contribution in [1.29, 1.82) is 0 Å². The highest BCUT2D eigenvalue weighted by atomic mass is 16.1. The van der Waals surface area contributed by atoms with Gasteiger partial charge in [-0.25, -0.2) is 0 Å². The summed E-state index contributed by atoms with van der Waals surface area (Å²) in [7, 11) is 0. The molecule has 0 bridgehead atoms. The van der Waals surface area contributed by atoms with Crippen molar-refractivity contribution in [3.63, 3.8) is 0 Å². The number of allylic oxidation sites excluding steroid dienone is 1. The molecule has 162 valence electrons. The number of carbonyl (C=O) groups excluding carboxylic acids is 1. The highest BCUT2D eigenvalue weighted by molar-refractivity contribution is 5.81. The Kier molecular flexibility index (Phi) is 8.41. The highest BCUT2D eigenvalue weighted by Gasteiger charge is 2.33. The number of carbonyl (C=O) groups is 1. The van der Waals surface area contributed by atoms with Crippen molar-refractivity contribution in [3.8, 4) is 0 Å². The lowest BCUT2D eigenvalue weighted by molar-refractivity contribution is -0.126. The van der Waals surface area contributed by atoms with E-state index in [1.807, 2.05) is 0 Å². The summed E-state index contributed by atoms with van der Waals surface area (Å²) in [5.41, 5.74) is 1.71. The summed E-state index contributed by atoms with van der Waals surface area (Å²) in [6.07, 6.45) is 10.4. The van der Waals surface area contributed by atoms with E-state index in [0.29, 0.717) is 23.5 Å². The smallest absolute Gasteiger partial charge is 0.136 e. The van der Waals surface area contributed by atoms with Gasteiger partial charge in [-0.1, -0.05) is 67.0 Å². The highest BCUT2D eigenvalue weighted by Crippen LogP contribution is 2.43. The van der Waals surface area contributed by atoms with E-state index < -0.39 is 0 Å². The summed E-state index contributed by atoms with van der Waals surface area (Å²) in [6.45, 7) is 21.1. The van der Waals surface area contributed by atoms with Crippen LogP contribution in [0.15, 0.2) is 12.2 Å². The molecule has 2 fully saturated rings. The van der Waals surface area contributed by atoms with Gasteiger partial charge in [0.1, 0.15) is 5.78 Å². The average Bonchev–Trinajstić information content (AvgIpc) is 2.63. The molecule has 0 heterocycles. The summed E-state index contributed by atoms with van der Waals surface area (Å²) < 4.78 is 0. The standard InChI is InChI=1S/C27H48O/c1-18-9-10-19(2)25(15-18)26(28)12-14-27(7,8)13-11-20(3)24-17-22(5)21(4)16-23(24)6/h18-19,21-25H,3,9-17H2,1-2,4-8H3. The minimum absolute atomic E-state index is 0.235. The largest absolute Gasteiger partial charge is 0.299 e. The molecule has 2 aliphatic rings. The first-order valence-corrected chi connectivity index (χ1v) is 12.2. The predicted molar refractivity (Wildman–Crippen MR) is 122 cm³/mol. The first-order valence-electron chi connectivity index (χ1n) is 12.2. The lowest BCUT2D eigenvalue weighted by Crippen LogP contribution is -2.30. The van der Waals surface area contributed by atoms with E-state index in [-0.39, 0.29) is 5.41 Å². The first kappa shape index (κ1) is 23.7. The van der Waals surface area contributed by atoms with Crippen molar-refractivity contribution in [1.82, 2.24) is 0 Å². The van der Waals surface area contributed by atoms with E-state index in [1.54, 1.807) is 0 Å². The number of Topliss-reactive ketones (excluding diaryl/α,β-unsaturated/α-hetero) is 1. The van der Waals surface area contributed by atoms with Crippen LogP contribution in [0.25, 0.3) is 0 Å². The SMILES string of the molecule is C=C(CCC(C)(C)CCC(=O)C1CC(C)CCC1C)C1CC(C)C(C)CC1C. The topological polar surface area (TPSA) is 17.1 Å². The van der Waals surface area contributed by atoms with Crippen LogP contribution in [0.1, 0.15) is 106 Å². The van der Waals surface area contributed by atoms with Crippen molar-refractivity contribution in [2.75, 3.05) is 0 Å². The molecular formula is C27H48O. The number of hydrogen-bond acceptors (Lipinski definition) is 1. The van der Waals surface area contributed by atoms with Crippen LogP contribution in [-0.4, -0.2) is 5.78 Å². The van der Waals surface area contributed by atoms with Crippen molar-refractivity contribution in [3.05, 3.63) is 12.2 Å². The third-order valence-corrected chi connectivity index (χ3v) is 8.59. The lowest BCUT2D eigenvalue weighted by Gasteiger charge is -2.39. The van der Waals surface area contributed by atoms with Gasteiger partial charge in [0, 0.05) is 12.3 Å². The van der Waals surface area contributed by atoms with Gasteiger partial charge >= 0.3 is 0 Å². The number of ketones is 1. The van der Waals surface area contributed by atoms with Crippen LogP contribution in [0.3, 0.4) is 0 Å². The van der Waals surface area contributed by atoms with Gasteiger partial charge < -0.3 is 0 Å². The summed E-state index contributed by atoms with van der Waals surface area (Å²) in [6, 6.07) is 0. The minimum atomic E-state index is 0.235. The fourth-order valence-corrected chi connectivity index (χ4v) is 5.85. The molecule has 0 aromatic carbocycles. The Morgan fingerprint density at radius 1 is 0.786 bits per heavy atom. The van der Waals surface area contributed by atoms with E-state index in [2.05, 4.69) is 55.0 Å². The Labute approximate surface area is 176 Å². The Morgan fingerprint density at radius 2 is 1.39 bits per heavy atom. The quantitative estimate of drug-likeness (QED) is 0.384. The van der Waals surface area contributed by atoms with Gasteiger partial charge in [-0.2, -0.15) is 0 Å². The van der Waals surface area contributed by atoms with Crippen LogP contribution < -0.4 is 0 Å². The second-order valence-electron chi connectivity index (χ2n) is 11.8. The molecule has 0 aromatic rings. The summed E-state index contributed by atoms with van der Waals surface area (Å²) >= 11 is 0. The van der Waals surface area contributed by atoms with Crippen molar-refractivity contribution >= 4 is 5.78 Å². The minimum Gasteiger partial charge on any atom is -0.299 e. The third kappa shape index (κ3) is 6.46. The van der Waals surface area contributed by atoms with E-state index in [0.717, 1.165) is 49.4 Å². The van der Waals surface area contributed by atoms with Crippen LogP contribution in [-0.2, 0) is 4.79 Å². The van der Waals surface area contributed by atoms with Crippen molar-refractivity contribution in [2.24, 2.45) is 46.8 Å². The molecule has 7 unspecified atom stereocenters. The maximum atomic E-state index is 12.9. The maximum Gasteiger partial charge on any atom is 0.136 e. The zero-order valence-corrected chi connectivity index (χ0v) is 20.0. The molecule has 0 radical (unpaired) electrons. The van der Waals surface area contributed by atoms with Crippen molar-refractivity contribution in [2.45, 2.75) is 106 Å². The van der Waals surface area contributed by atoms with Gasteiger partial charge in [0.15, 0.2) is 0 Å². The zero-order chi connectivity index (χ0) is 21.1. The molecular weight excluding hydrogens is 340 g/mol. The van der Waals surface area contributed by atoms with Crippen LogP contribution in [0.4, 0.5) is 0 Å². The fourth-order valence-electron chi connectivity index (χ4n) is 5.85. The van der Waals surface area contributed by atoms with Crippen LogP contribution in [0.2, 0.25) is 0 Å². The average molecular weight is 389 g/mol. The van der Waals surface area contributed by atoms with Gasteiger partial charge in [0.05, 0.1) is 0 Å². The second-order valence-corrected chi connectivity index (χ2v) is 11.8. The van der Waals surface area contributed by atoms with E-state index in [4.69, 9.17) is 0 Å². The molecule has 0 N–H and O–H groups in total. The number of hydrogen-bond donors (Lipinski definition) is 0. The molecule has 0 saturated heterocycles. The monoisotopic (exact) mass is 388 g/mol. The van der Waals surface area contributed by atoms with Crippen molar-refractivity contribution < 1.29 is 4.79 Å². The Hall–Kier alpha value is -0.590. The molecule has 28 heavy (non-hydrogen) atoms. The van der Waals surface area contributed by atoms with Crippen LogP contribution in [0, 0.1) is 46.8 Å². The molecule has 2 aliphatic carbocycles. The van der Waals surface area contributed by atoms with Crippen LogP contribution in [0.5, 0.6) is 0 Å². The van der Waals surface area contributed by atoms with Gasteiger partial charge in [0.2, 0.25) is 0 Å². The normalized spacial score (nSPS) is 36.9. The van der Waals surface area contributed by atoms with E-state index in [9.17, 15) is 4.79 Å². The summed E-state index contributed by atoms with van der Waals surface area (Å²) in [4.78, 5) is 12.9. The van der Waals surface area contributed by atoms with Gasteiger partial charge in [-0.3, -0.25) is 4.79 Å².